The summed E-state index contributed by atoms with van der Waals surface area (Å²) in [5.41, 5.74) is 2.86. The molecule has 4 rings (SSSR count). The van der Waals surface area contributed by atoms with Crippen LogP contribution in [0.25, 0.3) is 22.2 Å². The highest BCUT2D eigenvalue weighted by molar-refractivity contribution is 6.07. The molecule has 1 amide bonds. The number of carbonyl (C=O) groups is 1. The molecule has 1 aliphatic rings. The van der Waals surface area contributed by atoms with Gasteiger partial charge in [0.05, 0.1) is 38.1 Å². The number of nitrogens with one attached hydrogen (secondary N) is 1. The number of pyridine rings is 1. The Balaban J connectivity index is 1.75. The maximum Gasteiger partial charge on any atom is 0.252 e. The zero-order valence-electron chi connectivity index (χ0n) is 19.6. The number of ether oxygens (including phenoxy) is 3. The summed E-state index contributed by atoms with van der Waals surface area (Å²) in [5, 5.41) is 4.15. The van der Waals surface area contributed by atoms with Gasteiger partial charge in [0.25, 0.3) is 5.91 Å². The van der Waals surface area contributed by atoms with Gasteiger partial charge in [-0.15, -0.1) is 0 Å². The van der Waals surface area contributed by atoms with Crippen molar-refractivity contribution in [2.24, 2.45) is 0 Å². The third-order valence-electron chi connectivity index (χ3n) is 6.36. The molecule has 1 saturated carbocycles. The average molecular weight is 449 g/mol. The van der Waals surface area contributed by atoms with Gasteiger partial charge in [-0.25, -0.2) is 4.98 Å². The summed E-state index contributed by atoms with van der Waals surface area (Å²) in [4.78, 5) is 18.3. The predicted octanol–water partition coefficient (Wildman–Crippen LogP) is 5.77. The maximum atomic E-state index is 13.4. The first-order valence-electron chi connectivity index (χ1n) is 11.7. The summed E-state index contributed by atoms with van der Waals surface area (Å²) in [6.07, 6.45) is 8.19. The number of nitrogens with zero attached hydrogens (tertiary/aromatic N) is 1. The van der Waals surface area contributed by atoms with Crippen LogP contribution in [0.4, 0.5) is 0 Å². The van der Waals surface area contributed by atoms with Crippen LogP contribution in [0.15, 0.2) is 42.5 Å². The molecule has 33 heavy (non-hydrogen) atoms. The molecule has 1 aliphatic carbocycles. The molecule has 0 aliphatic heterocycles. The van der Waals surface area contributed by atoms with E-state index in [9.17, 15) is 4.79 Å². The second kappa shape index (κ2) is 10.6. The number of fused-ring (bicyclic) bond motifs is 1. The molecule has 0 unspecified atom stereocenters. The molecule has 6 nitrogen and oxygen atoms in total. The van der Waals surface area contributed by atoms with Gasteiger partial charge < -0.3 is 19.5 Å². The molecule has 1 heterocycles. The fourth-order valence-corrected chi connectivity index (χ4v) is 4.60. The van der Waals surface area contributed by atoms with E-state index < -0.39 is 0 Å². The van der Waals surface area contributed by atoms with Crippen molar-refractivity contribution in [3.05, 3.63) is 48.0 Å². The van der Waals surface area contributed by atoms with Gasteiger partial charge in [0.15, 0.2) is 11.5 Å². The minimum absolute atomic E-state index is 0.0483. The Bertz CT molecular complexity index is 1100. The lowest BCUT2D eigenvalue weighted by molar-refractivity contribution is 0.0932. The van der Waals surface area contributed by atoms with Crippen molar-refractivity contribution in [1.29, 1.82) is 0 Å². The molecule has 2 aromatic carbocycles. The number of benzene rings is 2. The van der Waals surface area contributed by atoms with Crippen LogP contribution in [-0.2, 0) is 0 Å². The van der Waals surface area contributed by atoms with Gasteiger partial charge in [0.1, 0.15) is 0 Å². The van der Waals surface area contributed by atoms with Crippen molar-refractivity contribution in [3.63, 3.8) is 0 Å². The molecule has 0 spiro atoms. The van der Waals surface area contributed by atoms with Crippen LogP contribution in [-0.4, -0.2) is 38.3 Å². The molecule has 0 radical (unpaired) electrons. The van der Waals surface area contributed by atoms with Crippen molar-refractivity contribution in [2.75, 3.05) is 21.3 Å². The largest absolute Gasteiger partial charge is 0.493 e. The molecule has 3 aromatic rings. The summed E-state index contributed by atoms with van der Waals surface area (Å²) < 4.78 is 16.5. The smallest absolute Gasteiger partial charge is 0.252 e. The highest BCUT2D eigenvalue weighted by Crippen LogP contribution is 2.41. The van der Waals surface area contributed by atoms with E-state index in [0.29, 0.717) is 28.5 Å². The van der Waals surface area contributed by atoms with E-state index in [1.165, 1.54) is 32.1 Å². The van der Waals surface area contributed by atoms with Crippen LogP contribution >= 0.6 is 0 Å². The van der Waals surface area contributed by atoms with Crippen molar-refractivity contribution in [3.8, 4) is 28.5 Å². The number of methoxy groups -OCH3 is 3. The number of hydrogen-bond donors (Lipinski definition) is 1. The van der Waals surface area contributed by atoms with Crippen LogP contribution in [0.5, 0.6) is 17.2 Å². The fraction of sp³-hybridized carbons (Fsp3) is 0.407. The molecule has 1 fully saturated rings. The summed E-state index contributed by atoms with van der Waals surface area (Å²) in [6, 6.07) is 13.6. The predicted molar refractivity (Wildman–Crippen MR) is 130 cm³/mol. The normalized spacial score (nSPS) is 14.9. The van der Waals surface area contributed by atoms with Gasteiger partial charge in [-0.3, -0.25) is 4.79 Å². The molecular formula is C27H32N2O4. The van der Waals surface area contributed by atoms with Crippen molar-refractivity contribution in [2.45, 2.75) is 51.0 Å². The van der Waals surface area contributed by atoms with Crippen LogP contribution < -0.4 is 19.5 Å². The SMILES string of the molecule is COc1cc(-c2cc(C(=O)NC3CCCCCCC3)c3ccccc3n2)cc(OC)c1OC. The number of aromatic nitrogens is 1. The quantitative estimate of drug-likeness (QED) is 0.518. The van der Waals surface area contributed by atoms with Crippen molar-refractivity contribution >= 4 is 16.8 Å². The van der Waals surface area contributed by atoms with E-state index in [-0.39, 0.29) is 11.9 Å². The second-order valence-electron chi connectivity index (χ2n) is 8.50. The molecule has 0 saturated heterocycles. The van der Waals surface area contributed by atoms with Crippen LogP contribution in [0.3, 0.4) is 0 Å². The van der Waals surface area contributed by atoms with E-state index >= 15 is 0 Å². The Morgan fingerprint density at radius 3 is 2.15 bits per heavy atom. The van der Waals surface area contributed by atoms with Gasteiger partial charge in [-0.2, -0.15) is 0 Å². The third kappa shape index (κ3) is 5.05. The average Bonchev–Trinajstić information content (AvgIpc) is 2.83. The monoisotopic (exact) mass is 448 g/mol. The number of carbonyl (C=O) groups excluding carboxylic acids is 1. The topological polar surface area (TPSA) is 69.7 Å². The van der Waals surface area contributed by atoms with Crippen molar-refractivity contribution < 1.29 is 19.0 Å². The number of para-hydroxylation sites is 1. The van der Waals surface area contributed by atoms with E-state index in [4.69, 9.17) is 19.2 Å². The first-order chi connectivity index (χ1) is 16.1. The zero-order valence-corrected chi connectivity index (χ0v) is 19.6. The van der Waals surface area contributed by atoms with Gasteiger partial charge in [0, 0.05) is 17.0 Å². The molecule has 6 heteroatoms. The van der Waals surface area contributed by atoms with Crippen LogP contribution in [0.2, 0.25) is 0 Å². The first kappa shape index (κ1) is 22.9. The molecule has 174 valence electrons. The first-order valence-corrected chi connectivity index (χ1v) is 11.7. The summed E-state index contributed by atoms with van der Waals surface area (Å²) in [5.74, 6) is 1.56. The summed E-state index contributed by atoms with van der Waals surface area (Å²) in [6.45, 7) is 0. The van der Waals surface area contributed by atoms with Crippen LogP contribution in [0, 0.1) is 0 Å². The lowest BCUT2D eigenvalue weighted by Crippen LogP contribution is -2.35. The van der Waals surface area contributed by atoms with Gasteiger partial charge >= 0.3 is 0 Å². The fourth-order valence-electron chi connectivity index (χ4n) is 4.60. The van der Waals surface area contributed by atoms with Gasteiger partial charge in [-0.05, 0) is 37.1 Å². The minimum Gasteiger partial charge on any atom is -0.493 e. The lowest BCUT2D eigenvalue weighted by Gasteiger charge is -2.21. The molecule has 0 atom stereocenters. The molecular weight excluding hydrogens is 416 g/mol. The Kier molecular flexibility index (Phi) is 7.33. The molecule has 0 bridgehead atoms. The Hall–Kier alpha value is -3.28. The zero-order chi connectivity index (χ0) is 23.2. The standard InChI is InChI=1S/C27H32N2O4/c1-31-24-15-18(16-25(32-2)26(24)33-3)23-17-21(20-13-9-10-14-22(20)29-23)27(30)28-19-11-7-5-4-6-8-12-19/h9-10,13-17,19H,4-8,11-12H2,1-3H3,(H,28,30). The van der Waals surface area contributed by atoms with E-state index in [0.717, 1.165) is 29.3 Å². The van der Waals surface area contributed by atoms with E-state index in [2.05, 4.69) is 5.32 Å². The summed E-state index contributed by atoms with van der Waals surface area (Å²) in [7, 11) is 4.75. The molecule has 1 N–H and O–H groups in total. The highest BCUT2D eigenvalue weighted by Gasteiger charge is 2.20. The Labute approximate surface area is 195 Å². The third-order valence-corrected chi connectivity index (χ3v) is 6.36. The van der Waals surface area contributed by atoms with E-state index in [1.54, 1.807) is 21.3 Å². The number of amides is 1. The Morgan fingerprint density at radius 2 is 1.52 bits per heavy atom. The Morgan fingerprint density at radius 1 is 0.879 bits per heavy atom. The maximum absolute atomic E-state index is 13.4. The lowest BCUT2D eigenvalue weighted by atomic mass is 9.96. The minimum atomic E-state index is -0.0483. The number of hydrogen-bond acceptors (Lipinski definition) is 5. The number of rotatable bonds is 6. The second-order valence-corrected chi connectivity index (χ2v) is 8.50. The molecule has 1 aromatic heterocycles. The summed E-state index contributed by atoms with van der Waals surface area (Å²) >= 11 is 0. The van der Waals surface area contributed by atoms with Gasteiger partial charge in [0.2, 0.25) is 5.75 Å². The van der Waals surface area contributed by atoms with Gasteiger partial charge in [-0.1, -0.05) is 50.3 Å². The highest BCUT2D eigenvalue weighted by atomic mass is 16.5. The van der Waals surface area contributed by atoms with Crippen LogP contribution in [0.1, 0.15) is 55.3 Å². The van der Waals surface area contributed by atoms with E-state index in [1.807, 2.05) is 42.5 Å². The van der Waals surface area contributed by atoms with Crippen molar-refractivity contribution in [1.82, 2.24) is 10.3 Å².